The first-order valence-electron chi connectivity index (χ1n) is 17.8. The van der Waals surface area contributed by atoms with Crippen molar-refractivity contribution < 1.29 is 28.4 Å². The number of aromatic nitrogens is 3. The average molecular weight is 630 g/mol. The van der Waals surface area contributed by atoms with Crippen molar-refractivity contribution in [2.75, 3.05) is 30.3 Å². The fraction of sp³-hybridized carbons (Fsp3) is 0.912. The van der Waals surface area contributed by atoms with Crippen LogP contribution in [0.4, 0.5) is 11.9 Å². The van der Waals surface area contributed by atoms with Gasteiger partial charge in [-0.2, -0.15) is 15.0 Å². The van der Waals surface area contributed by atoms with E-state index in [9.17, 15) is 0 Å². The minimum absolute atomic E-state index is 0.183. The van der Waals surface area contributed by atoms with Crippen molar-refractivity contribution in [2.45, 2.75) is 154 Å². The summed E-state index contributed by atoms with van der Waals surface area (Å²) in [5, 5.41) is 7.08. The van der Waals surface area contributed by atoms with Gasteiger partial charge in [-0.3, -0.25) is 0 Å². The largest absolute Gasteiger partial charge is 0.460 e. The summed E-state index contributed by atoms with van der Waals surface area (Å²) in [5.74, 6) is 2.27. The Kier molecular flexibility index (Phi) is 8.95. The Hall–Kier alpha value is -1.79. The number of nitrogens with one attached hydrogen (secondary N) is 2. The summed E-state index contributed by atoms with van der Waals surface area (Å²) in [6, 6.07) is 0.271. The zero-order valence-corrected chi connectivity index (χ0v) is 28.0. The van der Waals surface area contributed by atoms with Gasteiger partial charge in [0.2, 0.25) is 11.9 Å². The molecule has 2 N–H and O–H groups in total. The van der Waals surface area contributed by atoms with E-state index in [1.165, 1.54) is 70.6 Å². The summed E-state index contributed by atoms with van der Waals surface area (Å²) in [6.45, 7) is 11.8. The van der Waals surface area contributed by atoms with Crippen LogP contribution in [0.2, 0.25) is 0 Å². The van der Waals surface area contributed by atoms with Gasteiger partial charge in [-0.05, 0) is 95.8 Å². The van der Waals surface area contributed by atoms with Gasteiger partial charge in [-0.1, -0.05) is 39.0 Å². The second-order valence-electron chi connectivity index (χ2n) is 15.7. The number of fused-ring (bicyclic) bond motifs is 3. The Bertz CT molecular complexity index is 1150. The minimum atomic E-state index is -0.770. The van der Waals surface area contributed by atoms with Crippen molar-refractivity contribution in [1.29, 1.82) is 0 Å². The van der Waals surface area contributed by atoms with Crippen LogP contribution in [-0.2, 0) is 23.7 Å². The molecule has 11 heteroatoms. The Labute approximate surface area is 268 Å². The molecule has 3 saturated heterocycles. The van der Waals surface area contributed by atoms with Gasteiger partial charge in [-0.25, -0.2) is 0 Å². The standard InChI is InChI=1S/C34H55N5O6/c1-6-7-8-9-10-11-12-35-29-37-30(36-20-34-16-21-13-22(17-34)15-23(14-21)18-34)39-31(38-29)40-19-24-25-26(43-32(2,3)42-25)27-28(41-24)45-33(4,5)44-27/h21-28H,6-20H2,1-5H3,(H2,35,36,37,38,39)/t21?,22?,23?,24-,25+,26+,27-,28-,34?/m1/s1. The van der Waals surface area contributed by atoms with E-state index in [1.807, 2.05) is 27.7 Å². The molecule has 1 aromatic rings. The molecule has 0 unspecified atom stereocenters. The van der Waals surface area contributed by atoms with E-state index >= 15 is 0 Å². The number of ether oxygens (including phenoxy) is 6. The maximum atomic E-state index is 6.36. The van der Waals surface area contributed by atoms with E-state index < -0.39 is 24.0 Å². The summed E-state index contributed by atoms with van der Waals surface area (Å²) in [4.78, 5) is 14.2. The highest BCUT2D eigenvalue weighted by Crippen LogP contribution is 2.60. The smallest absolute Gasteiger partial charge is 0.323 e. The molecular weight excluding hydrogens is 574 g/mol. The normalized spacial score (nSPS) is 38.6. The zero-order chi connectivity index (χ0) is 31.2. The highest BCUT2D eigenvalue weighted by atomic mass is 16.9. The monoisotopic (exact) mass is 629 g/mol. The molecule has 4 saturated carbocycles. The van der Waals surface area contributed by atoms with E-state index in [0.29, 0.717) is 17.3 Å². The van der Waals surface area contributed by atoms with Crippen molar-refractivity contribution in [1.82, 2.24) is 15.0 Å². The molecule has 7 aliphatic rings. The van der Waals surface area contributed by atoms with E-state index in [4.69, 9.17) is 38.4 Å². The van der Waals surface area contributed by atoms with Gasteiger partial charge in [-0.15, -0.1) is 0 Å². The molecule has 0 aromatic carbocycles. The third kappa shape index (κ3) is 7.22. The van der Waals surface area contributed by atoms with Gasteiger partial charge >= 0.3 is 6.01 Å². The lowest BCUT2D eigenvalue weighted by Crippen LogP contribution is -2.56. The van der Waals surface area contributed by atoms with Gasteiger partial charge in [0.25, 0.3) is 0 Å². The predicted octanol–water partition coefficient (Wildman–Crippen LogP) is 6.05. The fourth-order valence-corrected chi connectivity index (χ4v) is 9.44. The van der Waals surface area contributed by atoms with E-state index in [2.05, 4.69) is 22.5 Å². The highest BCUT2D eigenvalue weighted by Gasteiger charge is 2.61. The summed E-state index contributed by atoms with van der Waals surface area (Å²) >= 11 is 0. The average Bonchev–Trinajstić information content (AvgIpc) is 3.47. The quantitative estimate of drug-likeness (QED) is 0.234. The van der Waals surface area contributed by atoms with Crippen LogP contribution in [0.3, 0.4) is 0 Å². The number of hydrogen-bond donors (Lipinski definition) is 2. The van der Waals surface area contributed by atoms with Crippen LogP contribution in [0.5, 0.6) is 6.01 Å². The van der Waals surface area contributed by atoms with Crippen molar-refractivity contribution in [2.24, 2.45) is 23.2 Å². The van der Waals surface area contributed by atoms with Gasteiger partial charge in [0.1, 0.15) is 31.0 Å². The summed E-state index contributed by atoms with van der Waals surface area (Å²) in [7, 11) is 0. The maximum absolute atomic E-state index is 6.36. The molecular formula is C34H55N5O6. The van der Waals surface area contributed by atoms with Crippen LogP contribution in [-0.4, -0.2) is 76.9 Å². The lowest BCUT2D eigenvalue weighted by Gasteiger charge is -2.56. The first kappa shape index (κ1) is 31.8. The number of anilines is 2. The Morgan fingerprint density at radius 3 is 2.02 bits per heavy atom. The number of nitrogens with zero attached hydrogens (tertiary/aromatic N) is 3. The van der Waals surface area contributed by atoms with Crippen LogP contribution in [0, 0.1) is 23.2 Å². The molecule has 45 heavy (non-hydrogen) atoms. The molecule has 0 radical (unpaired) electrons. The Morgan fingerprint density at radius 1 is 0.711 bits per heavy atom. The van der Waals surface area contributed by atoms with E-state index in [0.717, 1.165) is 37.3 Å². The second-order valence-corrected chi connectivity index (χ2v) is 15.7. The first-order chi connectivity index (χ1) is 21.6. The molecule has 0 amide bonds. The summed E-state index contributed by atoms with van der Waals surface area (Å²) < 4.78 is 37.4. The van der Waals surface area contributed by atoms with Crippen molar-refractivity contribution in [3.8, 4) is 6.01 Å². The highest BCUT2D eigenvalue weighted by molar-refractivity contribution is 5.36. The summed E-state index contributed by atoms with van der Waals surface area (Å²) in [5.41, 5.74) is 0.361. The molecule has 5 atom stereocenters. The van der Waals surface area contributed by atoms with Gasteiger partial charge in [0.15, 0.2) is 17.9 Å². The predicted molar refractivity (Wildman–Crippen MR) is 169 cm³/mol. The van der Waals surface area contributed by atoms with Gasteiger partial charge in [0.05, 0.1) is 0 Å². The van der Waals surface area contributed by atoms with E-state index in [1.54, 1.807) is 0 Å². The van der Waals surface area contributed by atoms with E-state index in [-0.39, 0.29) is 30.9 Å². The Morgan fingerprint density at radius 2 is 1.31 bits per heavy atom. The van der Waals surface area contributed by atoms with Crippen LogP contribution in [0.25, 0.3) is 0 Å². The van der Waals surface area contributed by atoms with Crippen molar-refractivity contribution in [3.63, 3.8) is 0 Å². The molecule has 4 heterocycles. The third-order valence-corrected chi connectivity index (χ3v) is 10.8. The first-order valence-corrected chi connectivity index (χ1v) is 17.8. The second kappa shape index (κ2) is 12.7. The van der Waals surface area contributed by atoms with Crippen LogP contribution < -0.4 is 15.4 Å². The number of hydrogen-bond acceptors (Lipinski definition) is 11. The lowest BCUT2D eigenvalue weighted by molar-refractivity contribution is -0.238. The molecule has 11 nitrogen and oxygen atoms in total. The SMILES string of the molecule is CCCCCCCCNc1nc(NCC23CC4CC(CC(C4)C2)C3)nc(OC[C@H]2O[C@@H]3OC(C)(C)O[C@@H]3[C@H]3OC(C)(C)O[C@H]32)n1. The molecule has 0 spiro atoms. The van der Waals surface area contributed by atoms with Crippen LogP contribution in [0.15, 0.2) is 0 Å². The molecule has 252 valence electrons. The molecule has 8 rings (SSSR count). The van der Waals surface area contributed by atoms with Crippen molar-refractivity contribution in [3.05, 3.63) is 0 Å². The number of unbranched alkanes of at least 4 members (excludes halogenated alkanes) is 5. The maximum Gasteiger partial charge on any atom is 0.323 e. The van der Waals surface area contributed by atoms with Gasteiger partial charge < -0.3 is 39.1 Å². The van der Waals surface area contributed by atoms with Crippen molar-refractivity contribution >= 4 is 11.9 Å². The minimum Gasteiger partial charge on any atom is -0.460 e. The molecule has 4 aliphatic carbocycles. The van der Waals surface area contributed by atoms with Gasteiger partial charge in [0, 0.05) is 13.1 Å². The molecule has 4 bridgehead atoms. The molecule has 7 fully saturated rings. The Balaban J connectivity index is 1.03. The number of rotatable bonds is 14. The molecule has 3 aliphatic heterocycles. The van der Waals surface area contributed by atoms with Crippen LogP contribution in [0.1, 0.15) is 112 Å². The molecule has 1 aromatic heterocycles. The topological polar surface area (TPSA) is 118 Å². The summed E-state index contributed by atoms with van der Waals surface area (Å²) in [6.07, 6.45) is 13.6. The fourth-order valence-electron chi connectivity index (χ4n) is 9.44. The van der Waals surface area contributed by atoms with Crippen LogP contribution >= 0.6 is 0 Å². The zero-order valence-electron chi connectivity index (χ0n) is 28.0. The third-order valence-electron chi connectivity index (χ3n) is 10.8. The lowest BCUT2D eigenvalue weighted by atomic mass is 9.49.